The van der Waals surface area contributed by atoms with Crippen LogP contribution in [0.4, 0.5) is 4.39 Å². The highest BCUT2D eigenvalue weighted by atomic mass is 32.2. The van der Waals surface area contributed by atoms with Crippen LogP contribution in [-0.2, 0) is 5.75 Å². The Labute approximate surface area is 108 Å². The maximum atomic E-state index is 13.0. The molecular weight excluding hydrogens is 251 g/mol. The minimum absolute atomic E-state index is 0.166. The number of carbonyl (C=O) groups excluding carboxylic acids is 1. The van der Waals surface area contributed by atoms with E-state index >= 15 is 0 Å². The summed E-state index contributed by atoms with van der Waals surface area (Å²) in [5.41, 5.74) is 0.979. The number of halogens is 1. The molecule has 0 aliphatic carbocycles. The third-order valence-electron chi connectivity index (χ3n) is 2.39. The van der Waals surface area contributed by atoms with Crippen LogP contribution in [0.15, 0.2) is 53.4 Å². The van der Waals surface area contributed by atoms with Gasteiger partial charge in [-0.05, 0) is 23.8 Å². The van der Waals surface area contributed by atoms with Crippen molar-refractivity contribution in [1.29, 1.82) is 0 Å². The molecule has 2 aromatic rings. The zero-order chi connectivity index (χ0) is 13.0. The first-order valence-electron chi connectivity index (χ1n) is 5.34. The van der Waals surface area contributed by atoms with Crippen LogP contribution in [-0.4, -0.2) is 5.97 Å². The summed E-state index contributed by atoms with van der Waals surface area (Å²) in [5.74, 6) is -0.971. The van der Waals surface area contributed by atoms with Gasteiger partial charge in [0.05, 0.1) is 5.97 Å². The van der Waals surface area contributed by atoms with E-state index in [1.54, 1.807) is 30.3 Å². The molecule has 2 aromatic carbocycles. The predicted octanol–water partition coefficient (Wildman–Crippen LogP) is 2.48. The first kappa shape index (κ1) is 12.6. The molecule has 0 unspecified atom stereocenters. The van der Waals surface area contributed by atoms with E-state index in [1.807, 2.05) is 0 Å². The van der Waals surface area contributed by atoms with Gasteiger partial charge in [0.15, 0.2) is 0 Å². The summed E-state index contributed by atoms with van der Waals surface area (Å²) in [5, 5.41) is 10.9. The lowest BCUT2D eigenvalue weighted by atomic mass is 10.2. The van der Waals surface area contributed by atoms with Gasteiger partial charge in [-0.1, -0.05) is 30.3 Å². The van der Waals surface area contributed by atoms with E-state index in [1.165, 1.54) is 30.0 Å². The van der Waals surface area contributed by atoms with Crippen LogP contribution < -0.4 is 5.11 Å². The second-order valence-corrected chi connectivity index (χ2v) is 4.72. The molecule has 0 aromatic heterocycles. The van der Waals surface area contributed by atoms with Crippen molar-refractivity contribution >= 4 is 17.7 Å². The van der Waals surface area contributed by atoms with Gasteiger partial charge in [0, 0.05) is 16.2 Å². The minimum Gasteiger partial charge on any atom is -0.545 e. The van der Waals surface area contributed by atoms with Crippen molar-refractivity contribution in [2.45, 2.75) is 10.6 Å². The monoisotopic (exact) mass is 261 g/mol. The lowest BCUT2D eigenvalue weighted by Crippen LogP contribution is -2.22. The first-order valence-corrected chi connectivity index (χ1v) is 6.33. The average Bonchev–Trinajstić information content (AvgIpc) is 2.37. The fourth-order valence-corrected chi connectivity index (χ4v) is 2.53. The molecule has 0 saturated carbocycles. The topological polar surface area (TPSA) is 40.1 Å². The van der Waals surface area contributed by atoms with Gasteiger partial charge in [-0.15, -0.1) is 11.8 Å². The molecule has 0 atom stereocenters. The molecule has 0 spiro atoms. The van der Waals surface area contributed by atoms with Gasteiger partial charge in [-0.25, -0.2) is 4.39 Å². The molecule has 0 bridgehead atoms. The van der Waals surface area contributed by atoms with Crippen LogP contribution in [0, 0.1) is 5.82 Å². The van der Waals surface area contributed by atoms with Crippen LogP contribution in [0.3, 0.4) is 0 Å². The van der Waals surface area contributed by atoms with E-state index in [4.69, 9.17) is 0 Å². The largest absolute Gasteiger partial charge is 0.545 e. The molecule has 0 fully saturated rings. The molecule has 0 amide bonds. The van der Waals surface area contributed by atoms with Gasteiger partial charge < -0.3 is 9.90 Å². The number of hydrogen-bond donors (Lipinski definition) is 0. The molecule has 0 saturated heterocycles. The summed E-state index contributed by atoms with van der Waals surface area (Å²) < 4.78 is 13.0. The SMILES string of the molecule is O=C([O-])c1ccccc1SCc1cccc(F)c1. The third-order valence-corrected chi connectivity index (χ3v) is 3.54. The van der Waals surface area contributed by atoms with E-state index in [0.29, 0.717) is 10.6 Å². The summed E-state index contributed by atoms with van der Waals surface area (Å²) in [6.07, 6.45) is 0. The fraction of sp³-hybridized carbons (Fsp3) is 0.0714. The summed E-state index contributed by atoms with van der Waals surface area (Å²) in [7, 11) is 0. The summed E-state index contributed by atoms with van der Waals surface area (Å²) >= 11 is 1.35. The van der Waals surface area contributed by atoms with E-state index in [9.17, 15) is 14.3 Å². The van der Waals surface area contributed by atoms with Gasteiger partial charge in [-0.3, -0.25) is 0 Å². The number of rotatable bonds is 4. The first-order chi connectivity index (χ1) is 8.66. The zero-order valence-corrected chi connectivity index (χ0v) is 10.2. The Morgan fingerprint density at radius 1 is 1.17 bits per heavy atom. The number of carbonyl (C=O) groups is 1. The Bertz CT molecular complexity index is 569. The summed E-state index contributed by atoms with van der Waals surface area (Å²) in [6, 6.07) is 12.9. The minimum atomic E-state index is -1.20. The van der Waals surface area contributed by atoms with Crippen molar-refractivity contribution in [3.05, 3.63) is 65.5 Å². The van der Waals surface area contributed by atoms with Gasteiger partial charge in [-0.2, -0.15) is 0 Å². The molecule has 0 aliphatic rings. The Balaban J connectivity index is 2.13. The number of benzene rings is 2. The smallest absolute Gasteiger partial charge is 0.123 e. The van der Waals surface area contributed by atoms with Gasteiger partial charge >= 0.3 is 0 Å². The lowest BCUT2D eigenvalue weighted by molar-refractivity contribution is -0.255. The van der Waals surface area contributed by atoms with E-state index in [-0.39, 0.29) is 11.4 Å². The molecular formula is C14H10FO2S-. The second kappa shape index (κ2) is 5.69. The van der Waals surface area contributed by atoms with Gasteiger partial charge in [0.25, 0.3) is 0 Å². The Morgan fingerprint density at radius 3 is 2.67 bits per heavy atom. The van der Waals surface area contributed by atoms with Crippen molar-refractivity contribution in [2.75, 3.05) is 0 Å². The quantitative estimate of drug-likeness (QED) is 0.794. The van der Waals surface area contributed by atoms with Crippen molar-refractivity contribution in [3.63, 3.8) is 0 Å². The van der Waals surface area contributed by atoms with Gasteiger partial charge in [0.1, 0.15) is 5.82 Å². The van der Waals surface area contributed by atoms with E-state index in [0.717, 1.165) is 5.56 Å². The third kappa shape index (κ3) is 3.11. The zero-order valence-electron chi connectivity index (χ0n) is 9.43. The molecule has 0 N–H and O–H groups in total. The van der Waals surface area contributed by atoms with Crippen LogP contribution in [0.1, 0.15) is 15.9 Å². The molecule has 0 heterocycles. The Hall–Kier alpha value is -1.81. The van der Waals surface area contributed by atoms with Crippen LogP contribution in [0.25, 0.3) is 0 Å². The molecule has 2 nitrogen and oxygen atoms in total. The molecule has 18 heavy (non-hydrogen) atoms. The standard InChI is InChI=1S/C14H11FO2S/c15-11-5-3-4-10(8-11)9-18-13-7-2-1-6-12(13)14(16)17/h1-8H,9H2,(H,16,17)/p-1. The van der Waals surface area contributed by atoms with E-state index < -0.39 is 5.97 Å². The van der Waals surface area contributed by atoms with Crippen LogP contribution in [0.5, 0.6) is 0 Å². The second-order valence-electron chi connectivity index (χ2n) is 3.70. The van der Waals surface area contributed by atoms with Gasteiger partial charge in [0.2, 0.25) is 0 Å². The molecule has 0 radical (unpaired) electrons. The summed E-state index contributed by atoms with van der Waals surface area (Å²) in [4.78, 5) is 11.5. The number of aromatic carboxylic acids is 1. The maximum absolute atomic E-state index is 13.0. The van der Waals surface area contributed by atoms with E-state index in [2.05, 4.69) is 0 Å². The summed E-state index contributed by atoms with van der Waals surface area (Å²) in [6.45, 7) is 0. The molecule has 2 rings (SSSR count). The fourth-order valence-electron chi connectivity index (χ4n) is 1.55. The predicted molar refractivity (Wildman–Crippen MR) is 66.7 cm³/mol. The molecule has 4 heteroatoms. The maximum Gasteiger partial charge on any atom is 0.123 e. The highest BCUT2D eigenvalue weighted by molar-refractivity contribution is 7.98. The Kier molecular flexibility index (Phi) is 3.99. The number of carboxylic acid groups (broad SMARTS) is 1. The highest BCUT2D eigenvalue weighted by Crippen LogP contribution is 2.26. The average molecular weight is 261 g/mol. The van der Waals surface area contributed by atoms with Crippen molar-refractivity contribution in [1.82, 2.24) is 0 Å². The molecule has 92 valence electrons. The van der Waals surface area contributed by atoms with Crippen LogP contribution >= 0.6 is 11.8 Å². The number of carboxylic acids is 1. The normalized spacial score (nSPS) is 10.3. The number of hydrogen-bond acceptors (Lipinski definition) is 3. The van der Waals surface area contributed by atoms with Crippen molar-refractivity contribution in [2.24, 2.45) is 0 Å². The number of thioether (sulfide) groups is 1. The molecule has 0 aliphatic heterocycles. The van der Waals surface area contributed by atoms with Crippen molar-refractivity contribution < 1.29 is 14.3 Å². The highest BCUT2D eigenvalue weighted by Gasteiger charge is 2.04. The van der Waals surface area contributed by atoms with Crippen LogP contribution in [0.2, 0.25) is 0 Å². The Morgan fingerprint density at radius 2 is 1.94 bits per heavy atom. The lowest BCUT2D eigenvalue weighted by Gasteiger charge is -2.09. The van der Waals surface area contributed by atoms with Crippen molar-refractivity contribution in [3.8, 4) is 0 Å².